The molecule has 4 aromatic rings. The molecule has 1 aromatic carbocycles. The number of hydrogen-bond acceptors (Lipinski definition) is 3. The minimum atomic E-state index is -0.320. The normalized spacial score (nSPS) is 12.0. The van der Waals surface area contributed by atoms with Crippen molar-refractivity contribution in [2.45, 2.75) is 6.54 Å². The van der Waals surface area contributed by atoms with E-state index in [0.29, 0.717) is 33.0 Å². The summed E-state index contributed by atoms with van der Waals surface area (Å²) < 4.78 is 1.96. The van der Waals surface area contributed by atoms with Gasteiger partial charge < -0.3 is 9.55 Å². The zero-order chi connectivity index (χ0) is 17.2. The Kier molecular flexibility index (Phi) is 4.21. The van der Waals surface area contributed by atoms with Crippen molar-refractivity contribution < 1.29 is 4.79 Å². The third kappa shape index (κ3) is 3.26. The molecule has 0 saturated heterocycles. The van der Waals surface area contributed by atoms with Crippen LogP contribution in [0.2, 0.25) is 5.02 Å². The molecule has 4 rings (SSSR count). The summed E-state index contributed by atoms with van der Waals surface area (Å²) >= 11 is 7.42. The molecule has 1 amide bonds. The third-order valence-corrected chi connectivity index (χ3v) is 4.78. The summed E-state index contributed by atoms with van der Waals surface area (Å²) in [5, 5.41) is 3.08. The first-order chi connectivity index (χ1) is 12.2. The number of halogens is 1. The molecule has 0 spiro atoms. The van der Waals surface area contributed by atoms with E-state index in [1.165, 1.54) is 11.3 Å². The Labute approximate surface area is 152 Å². The summed E-state index contributed by atoms with van der Waals surface area (Å²) in [6.07, 6.45) is 5.09. The Morgan fingerprint density at radius 1 is 1.32 bits per heavy atom. The van der Waals surface area contributed by atoms with E-state index in [-0.39, 0.29) is 5.91 Å². The van der Waals surface area contributed by atoms with E-state index in [2.05, 4.69) is 15.0 Å². The Morgan fingerprint density at radius 2 is 2.16 bits per heavy atom. The number of pyridine rings is 1. The lowest BCUT2D eigenvalue weighted by atomic mass is 10.2. The molecule has 25 heavy (non-hydrogen) atoms. The zero-order valence-electron chi connectivity index (χ0n) is 13.0. The fourth-order valence-corrected chi connectivity index (χ4v) is 3.47. The van der Waals surface area contributed by atoms with Crippen LogP contribution in [0.1, 0.15) is 15.9 Å². The Hall–Kier alpha value is -2.70. The maximum absolute atomic E-state index is 12.6. The summed E-state index contributed by atoms with van der Waals surface area (Å²) in [6.45, 7) is 0.664. The fraction of sp³-hybridized carbons (Fsp3) is 0.0556. The number of nitrogens with zero attached hydrogens (tertiary/aromatic N) is 3. The van der Waals surface area contributed by atoms with Crippen LogP contribution in [0.5, 0.6) is 0 Å². The van der Waals surface area contributed by atoms with Gasteiger partial charge in [0, 0.05) is 35.9 Å². The average Bonchev–Trinajstić information content (AvgIpc) is 3.22. The van der Waals surface area contributed by atoms with E-state index < -0.39 is 0 Å². The lowest BCUT2D eigenvalue weighted by molar-refractivity contribution is 0.0999. The molecule has 1 N–H and O–H groups in total. The van der Waals surface area contributed by atoms with Crippen LogP contribution in [-0.4, -0.2) is 20.4 Å². The molecule has 0 aliphatic carbocycles. The van der Waals surface area contributed by atoms with Crippen LogP contribution in [0.15, 0.2) is 65.4 Å². The molecule has 7 heteroatoms. The van der Waals surface area contributed by atoms with Gasteiger partial charge in [0.25, 0.3) is 5.91 Å². The van der Waals surface area contributed by atoms with E-state index in [1.807, 2.05) is 46.5 Å². The maximum Gasteiger partial charge on any atom is 0.281 e. The van der Waals surface area contributed by atoms with Crippen molar-refractivity contribution in [3.63, 3.8) is 0 Å². The number of fused-ring (bicyclic) bond motifs is 1. The summed E-state index contributed by atoms with van der Waals surface area (Å²) in [6, 6.07) is 11.8. The van der Waals surface area contributed by atoms with Crippen LogP contribution < -0.4 is 4.80 Å². The number of carbonyl (C=O) groups excluding carboxylic acids is 1. The summed E-state index contributed by atoms with van der Waals surface area (Å²) in [5.41, 5.74) is 2.23. The first kappa shape index (κ1) is 15.8. The van der Waals surface area contributed by atoms with Gasteiger partial charge in [-0.15, -0.1) is 11.3 Å². The number of nitrogens with one attached hydrogen (secondary N) is 1. The van der Waals surface area contributed by atoms with Gasteiger partial charge in [-0.2, -0.15) is 4.99 Å². The summed E-state index contributed by atoms with van der Waals surface area (Å²) in [5.74, 6) is -0.320. The van der Waals surface area contributed by atoms with Crippen molar-refractivity contribution in [1.82, 2.24) is 14.5 Å². The number of hydrogen-bond donors (Lipinski definition) is 1. The second kappa shape index (κ2) is 6.66. The quantitative estimate of drug-likeness (QED) is 0.596. The van der Waals surface area contributed by atoms with Gasteiger partial charge in [0.1, 0.15) is 5.65 Å². The Balaban J connectivity index is 1.70. The smallest absolute Gasteiger partial charge is 0.281 e. The maximum atomic E-state index is 12.6. The molecule has 3 aromatic heterocycles. The molecule has 5 nitrogen and oxygen atoms in total. The number of amides is 1. The van der Waals surface area contributed by atoms with Crippen LogP contribution in [-0.2, 0) is 6.54 Å². The van der Waals surface area contributed by atoms with Gasteiger partial charge in [-0.1, -0.05) is 41.9 Å². The molecule has 3 heterocycles. The number of thiazole rings is 1. The van der Waals surface area contributed by atoms with Crippen LogP contribution in [0.3, 0.4) is 0 Å². The SMILES string of the molecule is O=C(/N=c1\sccn1Cc1ccccc1)c1c[nH]c2ncc(Cl)cc12. The van der Waals surface area contributed by atoms with Gasteiger partial charge in [-0.25, -0.2) is 4.98 Å². The number of H-pyrrole nitrogens is 1. The minimum Gasteiger partial charge on any atom is -0.345 e. The van der Waals surface area contributed by atoms with Crippen molar-refractivity contribution in [3.8, 4) is 0 Å². The summed E-state index contributed by atoms with van der Waals surface area (Å²) in [4.78, 5) is 24.7. The van der Waals surface area contributed by atoms with Crippen molar-refractivity contribution in [2.24, 2.45) is 4.99 Å². The van der Waals surface area contributed by atoms with Crippen molar-refractivity contribution >= 4 is 39.9 Å². The molecule has 0 atom stereocenters. The van der Waals surface area contributed by atoms with Gasteiger partial charge in [0.2, 0.25) is 0 Å². The van der Waals surface area contributed by atoms with E-state index in [9.17, 15) is 4.79 Å². The van der Waals surface area contributed by atoms with Gasteiger partial charge in [0.15, 0.2) is 4.80 Å². The average molecular weight is 369 g/mol. The van der Waals surface area contributed by atoms with E-state index >= 15 is 0 Å². The van der Waals surface area contributed by atoms with E-state index in [1.54, 1.807) is 18.5 Å². The molecule has 0 bridgehead atoms. The molecule has 0 aliphatic heterocycles. The lowest BCUT2D eigenvalue weighted by Crippen LogP contribution is -2.17. The first-order valence-electron chi connectivity index (χ1n) is 7.60. The highest BCUT2D eigenvalue weighted by Crippen LogP contribution is 2.20. The number of carbonyl (C=O) groups is 1. The second-order valence-corrected chi connectivity index (χ2v) is 6.78. The molecule has 0 fully saturated rings. The predicted molar refractivity (Wildman–Crippen MR) is 98.9 cm³/mol. The largest absolute Gasteiger partial charge is 0.345 e. The predicted octanol–water partition coefficient (Wildman–Crippen LogP) is 3.87. The highest BCUT2D eigenvalue weighted by atomic mass is 35.5. The van der Waals surface area contributed by atoms with Crippen molar-refractivity contribution in [3.05, 3.63) is 81.3 Å². The number of aromatic nitrogens is 3. The number of aromatic amines is 1. The van der Waals surface area contributed by atoms with Crippen LogP contribution >= 0.6 is 22.9 Å². The molecule has 0 radical (unpaired) electrons. The van der Waals surface area contributed by atoms with E-state index in [4.69, 9.17) is 11.6 Å². The van der Waals surface area contributed by atoms with Gasteiger partial charge in [-0.05, 0) is 11.6 Å². The van der Waals surface area contributed by atoms with Crippen LogP contribution in [0.4, 0.5) is 0 Å². The molecular weight excluding hydrogens is 356 g/mol. The monoisotopic (exact) mass is 368 g/mol. The van der Waals surface area contributed by atoms with E-state index in [0.717, 1.165) is 5.56 Å². The molecule has 0 unspecified atom stereocenters. The van der Waals surface area contributed by atoms with Gasteiger partial charge >= 0.3 is 0 Å². The highest BCUT2D eigenvalue weighted by molar-refractivity contribution is 7.07. The van der Waals surface area contributed by atoms with Crippen LogP contribution in [0, 0.1) is 0 Å². The molecule has 0 aliphatic rings. The Morgan fingerprint density at radius 3 is 3.00 bits per heavy atom. The third-order valence-electron chi connectivity index (χ3n) is 3.78. The number of benzene rings is 1. The van der Waals surface area contributed by atoms with Crippen LogP contribution in [0.25, 0.3) is 11.0 Å². The van der Waals surface area contributed by atoms with Gasteiger partial charge in [0.05, 0.1) is 10.6 Å². The fourth-order valence-electron chi connectivity index (χ4n) is 2.59. The minimum absolute atomic E-state index is 0.320. The molecule has 0 saturated carbocycles. The second-order valence-electron chi connectivity index (χ2n) is 5.47. The first-order valence-corrected chi connectivity index (χ1v) is 8.86. The Bertz CT molecular complexity index is 1110. The molecular formula is C18H13ClN4OS. The molecule has 124 valence electrons. The lowest BCUT2D eigenvalue weighted by Gasteiger charge is -2.02. The van der Waals surface area contributed by atoms with Crippen molar-refractivity contribution in [1.29, 1.82) is 0 Å². The zero-order valence-corrected chi connectivity index (χ0v) is 14.6. The standard InChI is InChI=1S/C18H13ClN4OS/c19-13-8-14-15(10-21-16(14)20-9-13)17(24)22-18-23(6-7-25-18)11-12-4-2-1-3-5-12/h1-10H,11H2,(H,20,21)/b22-18-. The van der Waals surface area contributed by atoms with Crippen molar-refractivity contribution in [2.75, 3.05) is 0 Å². The summed E-state index contributed by atoms with van der Waals surface area (Å²) in [7, 11) is 0. The topological polar surface area (TPSA) is 63.0 Å². The van der Waals surface area contributed by atoms with Gasteiger partial charge in [-0.3, -0.25) is 4.79 Å². The highest BCUT2D eigenvalue weighted by Gasteiger charge is 2.13. The number of rotatable bonds is 3.